The Labute approximate surface area is 130 Å². The molecule has 3 rings (SSSR count). The second kappa shape index (κ2) is 5.86. The second-order valence-electron chi connectivity index (χ2n) is 5.34. The Kier molecular flexibility index (Phi) is 3.75. The van der Waals surface area contributed by atoms with Crippen molar-refractivity contribution in [3.8, 4) is 16.9 Å². The van der Waals surface area contributed by atoms with Gasteiger partial charge in [-0.1, -0.05) is 66.2 Å². The second-order valence-corrected chi connectivity index (χ2v) is 5.34. The minimum absolute atomic E-state index is 0.130. The van der Waals surface area contributed by atoms with E-state index in [4.69, 9.17) is 5.41 Å². The van der Waals surface area contributed by atoms with Gasteiger partial charge in [-0.25, -0.2) is 0 Å². The molecule has 2 nitrogen and oxygen atoms in total. The standard InChI is InChI=1S/C20H17NO/c1-14-7-9-16(10-8-14)20(21)18-13-17(11-12-19(18)22)15-5-3-2-4-6-15/h2-13,21-22H,1H3. The Bertz CT molecular complexity index is 805. The molecule has 0 aliphatic rings. The molecule has 2 N–H and O–H groups in total. The first kappa shape index (κ1) is 14.1. The molecule has 0 aliphatic heterocycles. The van der Waals surface area contributed by atoms with Gasteiger partial charge in [-0.15, -0.1) is 0 Å². The molecule has 0 aromatic heterocycles. The van der Waals surface area contributed by atoms with Gasteiger partial charge in [-0.3, -0.25) is 5.41 Å². The summed E-state index contributed by atoms with van der Waals surface area (Å²) in [5.74, 6) is 0.130. The van der Waals surface area contributed by atoms with Crippen LogP contribution in [0.25, 0.3) is 11.1 Å². The Morgan fingerprint density at radius 3 is 2.18 bits per heavy atom. The maximum Gasteiger partial charge on any atom is 0.125 e. The highest BCUT2D eigenvalue weighted by Gasteiger charge is 2.11. The van der Waals surface area contributed by atoms with Gasteiger partial charge in [0.15, 0.2) is 0 Å². The third kappa shape index (κ3) is 2.77. The fraction of sp³-hybridized carbons (Fsp3) is 0.0500. The Morgan fingerprint density at radius 2 is 1.50 bits per heavy atom. The lowest BCUT2D eigenvalue weighted by molar-refractivity contribution is 0.474. The lowest BCUT2D eigenvalue weighted by atomic mass is 9.96. The maximum absolute atomic E-state index is 10.1. The van der Waals surface area contributed by atoms with Crippen molar-refractivity contribution < 1.29 is 5.11 Å². The smallest absolute Gasteiger partial charge is 0.125 e. The van der Waals surface area contributed by atoms with E-state index in [1.807, 2.05) is 73.7 Å². The van der Waals surface area contributed by atoms with E-state index in [-0.39, 0.29) is 5.75 Å². The third-order valence-electron chi connectivity index (χ3n) is 3.71. The zero-order valence-corrected chi connectivity index (χ0v) is 12.4. The van der Waals surface area contributed by atoms with Crippen molar-refractivity contribution in [3.05, 3.63) is 89.5 Å². The van der Waals surface area contributed by atoms with Gasteiger partial charge >= 0.3 is 0 Å². The van der Waals surface area contributed by atoms with Gasteiger partial charge in [-0.05, 0) is 30.2 Å². The molecule has 0 atom stereocenters. The first-order chi connectivity index (χ1) is 10.6. The summed E-state index contributed by atoms with van der Waals surface area (Å²) in [6.07, 6.45) is 0. The molecule has 0 amide bonds. The van der Waals surface area contributed by atoms with E-state index < -0.39 is 0 Å². The molecule has 2 heteroatoms. The number of hydrogen-bond acceptors (Lipinski definition) is 2. The van der Waals surface area contributed by atoms with E-state index in [9.17, 15) is 5.11 Å². The zero-order chi connectivity index (χ0) is 15.5. The minimum atomic E-state index is 0.130. The first-order valence-corrected chi connectivity index (χ1v) is 7.19. The van der Waals surface area contributed by atoms with Crippen molar-refractivity contribution >= 4 is 5.71 Å². The highest BCUT2D eigenvalue weighted by molar-refractivity contribution is 6.13. The van der Waals surface area contributed by atoms with Crippen LogP contribution in [0.5, 0.6) is 5.75 Å². The van der Waals surface area contributed by atoms with Crippen LogP contribution in [0.4, 0.5) is 0 Å². The Balaban J connectivity index is 2.03. The van der Waals surface area contributed by atoms with E-state index in [0.29, 0.717) is 11.3 Å². The summed E-state index contributed by atoms with van der Waals surface area (Å²) in [5, 5.41) is 18.5. The summed E-state index contributed by atoms with van der Waals surface area (Å²) in [4.78, 5) is 0. The summed E-state index contributed by atoms with van der Waals surface area (Å²) in [6.45, 7) is 2.01. The molecule has 3 aromatic carbocycles. The number of rotatable bonds is 3. The molecular formula is C20H17NO. The van der Waals surface area contributed by atoms with Crippen LogP contribution in [0.1, 0.15) is 16.7 Å². The molecule has 0 heterocycles. The molecule has 0 spiro atoms. The number of phenols is 1. The Hall–Kier alpha value is -2.87. The molecule has 22 heavy (non-hydrogen) atoms. The van der Waals surface area contributed by atoms with E-state index in [2.05, 4.69) is 0 Å². The normalized spacial score (nSPS) is 10.4. The quantitative estimate of drug-likeness (QED) is 0.669. The molecule has 0 unspecified atom stereocenters. The fourth-order valence-electron chi connectivity index (χ4n) is 2.42. The number of nitrogens with one attached hydrogen (secondary N) is 1. The van der Waals surface area contributed by atoms with Crippen LogP contribution in [0.3, 0.4) is 0 Å². The molecule has 3 aromatic rings. The summed E-state index contributed by atoms with van der Waals surface area (Å²) >= 11 is 0. The predicted octanol–water partition coefficient (Wildman–Crippen LogP) is 4.78. The zero-order valence-electron chi connectivity index (χ0n) is 12.4. The molecule has 0 radical (unpaired) electrons. The third-order valence-corrected chi connectivity index (χ3v) is 3.71. The van der Waals surface area contributed by atoms with Gasteiger partial charge in [-0.2, -0.15) is 0 Å². The van der Waals surface area contributed by atoms with Crippen molar-refractivity contribution in [3.63, 3.8) is 0 Å². The predicted molar refractivity (Wildman–Crippen MR) is 90.7 cm³/mol. The van der Waals surface area contributed by atoms with Gasteiger partial charge in [0.2, 0.25) is 0 Å². The number of aryl methyl sites for hydroxylation is 1. The van der Waals surface area contributed by atoms with Crippen LogP contribution in [0.2, 0.25) is 0 Å². The average molecular weight is 287 g/mol. The van der Waals surface area contributed by atoms with Gasteiger partial charge in [0, 0.05) is 11.1 Å². The van der Waals surface area contributed by atoms with E-state index in [1.54, 1.807) is 6.07 Å². The first-order valence-electron chi connectivity index (χ1n) is 7.19. The summed E-state index contributed by atoms with van der Waals surface area (Å²) in [7, 11) is 0. The largest absolute Gasteiger partial charge is 0.507 e. The SMILES string of the molecule is Cc1ccc(C(=N)c2cc(-c3ccccc3)ccc2O)cc1. The molecule has 0 saturated carbocycles. The van der Waals surface area contributed by atoms with Crippen LogP contribution in [0, 0.1) is 12.3 Å². The molecule has 0 aliphatic carbocycles. The fourth-order valence-corrected chi connectivity index (χ4v) is 2.42. The molecule has 0 fully saturated rings. The van der Waals surface area contributed by atoms with Crippen LogP contribution in [0.15, 0.2) is 72.8 Å². The lowest BCUT2D eigenvalue weighted by Gasteiger charge is -2.10. The van der Waals surface area contributed by atoms with Crippen molar-refractivity contribution in [1.29, 1.82) is 5.41 Å². The Morgan fingerprint density at radius 1 is 0.818 bits per heavy atom. The van der Waals surface area contributed by atoms with Gasteiger partial charge in [0.05, 0.1) is 5.71 Å². The van der Waals surface area contributed by atoms with E-state index in [1.165, 1.54) is 0 Å². The van der Waals surface area contributed by atoms with Crippen molar-refractivity contribution in [2.24, 2.45) is 0 Å². The molecule has 0 bridgehead atoms. The topological polar surface area (TPSA) is 44.1 Å². The lowest BCUT2D eigenvalue weighted by Crippen LogP contribution is -2.02. The minimum Gasteiger partial charge on any atom is -0.507 e. The molecule has 0 saturated heterocycles. The molecule has 108 valence electrons. The van der Waals surface area contributed by atoms with Gasteiger partial charge in [0.1, 0.15) is 5.75 Å². The number of aromatic hydroxyl groups is 1. The van der Waals surface area contributed by atoms with Crippen molar-refractivity contribution in [2.75, 3.05) is 0 Å². The number of benzene rings is 3. The van der Waals surface area contributed by atoms with Crippen molar-refractivity contribution in [1.82, 2.24) is 0 Å². The van der Waals surface area contributed by atoms with Crippen LogP contribution < -0.4 is 0 Å². The average Bonchev–Trinajstić information content (AvgIpc) is 2.56. The van der Waals surface area contributed by atoms with Crippen LogP contribution >= 0.6 is 0 Å². The van der Waals surface area contributed by atoms with Crippen LogP contribution in [-0.4, -0.2) is 10.8 Å². The number of phenolic OH excluding ortho intramolecular Hbond substituents is 1. The summed E-state index contributed by atoms with van der Waals surface area (Å²) in [6, 6.07) is 23.1. The highest BCUT2D eigenvalue weighted by Crippen LogP contribution is 2.27. The van der Waals surface area contributed by atoms with Gasteiger partial charge < -0.3 is 5.11 Å². The van der Waals surface area contributed by atoms with E-state index in [0.717, 1.165) is 22.3 Å². The van der Waals surface area contributed by atoms with E-state index >= 15 is 0 Å². The molecular weight excluding hydrogens is 270 g/mol. The monoisotopic (exact) mass is 287 g/mol. The van der Waals surface area contributed by atoms with Crippen LogP contribution in [-0.2, 0) is 0 Å². The number of hydrogen-bond donors (Lipinski definition) is 2. The van der Waals surface area contributed by atoms with Gasteiger partial charge in [0.25, 0.3) is 0 Å². The van der Waals surface area contributed by atoms with Crippen molar-refractivity contribution in [2.45, 2.75) is 6.92 Å². The summed E-state index contributed by atoms with van der Waals surface area (Å²) < 4.78 is 0. The highest BCUT2D eigenvalue weighted by atomic mass is 16.3. The summed E-state index contributed by atoms with van der Waals surface area (Å²) in [5.41, 5.74) is 4.89. The maximum atomic E-state index is 10.1.